The highest BCUT2D eigenvalue weighted by atomic mass is 31.2. The molecule has 1 spiro atoms. The predicted octanol–water partition coefficient (Wildman–Crippen LogP) is 6.16. The van der Waals surface area contributed by atoms with Gasteiger partial charge in [-0.05, 0) is 62.5 Å². The highest BCUT2D eigenvalue weighted by molar-refractivity contribution is 7.54. The average Bonchev–Trinajstić information content (AvgIpc) is 3.05. The third-order valence-corrected chi connectivity index (χ3v) is 9.15. The molecule has 0 bridgehead atoms. The van der Waals surface area contributed by atoms with Gasteiger partial charge in [0.15, 0.2) is 0 Å². The third kappa shape index (κ3) is 3.48. The number of hydrogen-bond donors (Lipinski definition) is 0. The van der Waals surface area contributed by atoms with Crippen LogP contribution in [0.4, 0.5) is 0 Å². The van der Waals surface area contributed by atoms with Crippen molar-refractivity contribution in [2.45, 2.75) is 70.4 Å². The quantitative estimate of drug-likeness (QED) is 0.532. The fourth-order valence-electron chi connectivity index (χ4n) is 5.51. The number of hydrogen-bond acceptors (Lipinski definition) is 4. The van der Waals surface area contributed by atoms with Gasteiger partial charge in [0.05, 0.1) is 26.0 Å². The van der Waals surface area contributed by atoms with Crippen LogP contribution >= 0.6 is 7.60 Å². The lowest BCUT2D eigenvalue weighted by molar-refractivity contribution is 0.127. The van der Waals surface area contributed by atoms with Crippen LogP contribution in [0.25, 0.3) is 0 Å². The Morgan fingerprint density at radius 2 is 1.73 bits per heavy atom. The lowest BCUT2D eigenvalue weighted by Crippen LogP contribution is -2.41. The summed E-state index contributed by atoms with van der Waals surface area (Å²) in [6.45, 7) is 4.69. The van der Waals surface area contributed by atoms with Gasteiger partial charge >= 0.3 is 7.60 Å². The summed E-state index contributed by atoms with van der Waals surface area (Å²) >= 11 is 0. The second-order valence-electron chi connectivity index (χ2n) is 7.56. The molecule has 0 aliphatic heterocycles. The molecular weight excluding hydrogens is 347 g/mol. The van der Waals surface area contributed by atoms with E-state index in [1.807, 2.05) is 26.0 Å². The van der Waals surface area contributed by atoms with Gasteiger partial charge in [-0.25, -0.2) is 0 Å². The van der Waals surface area contributed by atoms with E-state index >= 15 is 0 Å². The van der Waals surface area contributed by atoms with Crippen LogP contribution in [0.15, 0.2) is 24.3 Å². The summed E-state index contributed by atoms with van der Waals surface area (Å²) in [7, 11) is -1.39. The summed E-state index contributed by atoms with van der Waals surface area (Å²) in [5.74, 6) is 1.31. The van der Waals surface area contributed by atoms with Crippen molar-refractivity contribution >= 4 is 7.60 Å². The molecule has 0 saturated heterocycles. The average molecular weight is 380 g/mol. The Morgan fingerprint density at radius 1 is 1.04 bits per heavy atom. The predicted molar refractivity (Wildman–Crippen MR) is 105 cm³/mol. The van der Waals surface area contributed by atoms with Crippen molar-refractivity contribution in [1.29, 1.82) is 0 Å². The zero-order valence-electron chi connectivity index (χ0n) is 16.4. The summed E-state index contributed by atoms with van der Waals surface area (Å²) in [6.07, 6.45) is 7.72. The molecule has 1 aromatic carbocycles. The van der Waals surface area contributed by atoms with Crippen LogP contribution in [0.1, 0.15) is 70.3 Å². The van der Waals surface area contributed by atoms with Gasteiger partial charge in [0, 0.05) is 0 Å². The minimum Gasteiger partial charge on any atom is -0.496 e. The summed E-state index contributed by atoms with van der Waals surface area (Å²) in [5.41, 5.74) is 1.24. The zero-order chi connectivity index (χ0) is 18.6. The first kappa shape index (κ1) is 19.9. The molecule has 3 rings (SSSR count). The zero-order valence-corrected chi connectivity index (χ0v) is 17.3. The van der Waals surface area contributed by atoms with E-state index in [-0.39, 0.29) is 11.1 Å². The Kier molecular flexibility index (Phi) is 6.48. The van der Waals surface area contributed by atoms with Crippen molar-refractivity contribution < 1.29 is 18.3 Å². The number of ether oxygens (including phenoxy) is 1. The molecule has 26 heavy (non-hydrogen) atoms. The van der Waals surface area contributed by atoms with Crippen LogP contribution in [0, 0.1) is 5.41 Å². The third-order valence-electron chi connectivity index (χ3n) is 6.38. The summed E-state index contributed by atoms with van der Waals surface area (Å²) in [6, 6.07) is 8.35. The van der Waals surface area contributed by atoms with Crippen molar-refractivity contribution in [1.82, 2.24) is 0 Å². The Morgan fingerprint density at radius 3 is 2.42 bits per heavy atom. The minimum atomic E-state index is -3.13. The van der Waals surface area contributed by atoms with E-state index in [1.165, 1.54) is 12.0 Å². The second-order valence-corrected chi connectivity index (χ2v) is 9.78. The molecule has 5 heteroatoms. The molecule has 0 amide bonds. The van der Waals surface area contributed by atoms with Crippen LogP contribution in [-0.4, -0.2) is 26.0 Å². The van der Waals surface area contributed by atoms with Crippen molar-refractivity contribution in [3.63, 3.8) is 0 Å². The van der Waals surface area contributed by atoms with E-state index in [0.717, 1.165) is 44.3 Å². The summed E-state index contributed by atoms with van der Waals surface area (Å²) < 4.78 is 31.1. The molecule has 2 fully saturated rings. The summed E-state index contributed by atoms with van der Waals surface area (Å²) in [5, 5.41) is 0. The van der Waals surface area contributed by atoms with E-state index < -0.39 is 7.60 Å². The monoisotopic (exact) mass is 380 g/mol. The van der Waals surface area contributed by atoms with E-state index in [1.54, 1.807) is 7.11 Å². The van der Waals surface area contributed by atoms with Crippen molar-refractivity contribution in [2.24, 2.45) is 5.41 Å². The van der Waals surface area contributed by atoms with Crippen LogP contribution < -0.4 is 4.74 Å². The van der Waals surface area contributed by atoms with E-state index in [9.17, 15) is 4.57 Å². The topological polar surface area (TPSA) is 44.8 Å². The Labute approximate surface area is 158 Å². The van der Waals surface area contributed by atoms with Crippen LogP contribution in [-0.2, 0) is 13.6 Å². The molecule has 2 aliphatic rings. The molecule has 146 valence electrons. The van der Waals surface area contributed by atoms with E-state index in [4.69, 9.17) is 13.8 Å². The Hall–Kier alpha value is -0.830. The van der Waals surface area contributed by atoms with Gasteiger partial charge in [-0.1, -0.05) is 37.5 Å². The number of methoxy groups -OCH3 is 1. The smallest absolute Gasteiger partial charge is 0.334 e. The molecule has 0 N–H and O–H groups in total. The van der Waals surface area contributed by atoms with Gasteiger partial charge in [0.2, 0.25) is 0 Å². The maximum absolute atomic E-state index is 13.8. The highest BCUT2D eigenvalue weighted by Gasteiger charge is 2.57. The fourth-order valence-corrected chi connectivity index (χ4v) is 8.23. The highest BCUT2D eigenvalue weighted by Crippen LogP contribution is 2.70. The van der Waals surface area contributed by atoms with Crippen LogP contribution in [0.2, 0.25) is 0 Å². The molecule has 1 unspecified atom stereocenters. The van der Waals surface area contributed by atoms with Gasteiger partial charge in [-0.3, -0.25) is 4.57 Å². The van der Waals surface area contributed by atoms with E-state index in [2.05, 4.69) is 12.1 Å². The van der Waals surface area contributed by atoms with Crippen molar-refractivity contribution in [2.75, 3.05) is 20.3 Å². The first-order valence-electron chi connectivity index (χ1n) is 10.1. The lowest BCUT2D eigenvalue weighted by Gasteiger charge is -2.48. The first-order valence-corrected chi connectivity index (χ1v) is 11.7. The van der Waals surface area contributed by atoms with E-state index in [0.29, 0.717) is 19.1 Å². The van der Waals surface area contributed by atoms with Gasteiger partial charge in [-0.15, -0.1) is 0 Å². The molecule has 1 aromatic rings. The van der Waals surface area contributed by atoms with Gasteiger partial charge in [0.1, 0.15) is 5.75 Å². The number of benzene rings is 1. The second kappa shape index (κ2) is 8.46. The number of para-hydroxylation sites is 1. The van der Waals surface area contributed by atoms with Crippen molar-refractivity contribution in [3.05, 3.63) is 29.8 Å². The molecular formula is C21H33O4P. The normalized spacial score (nSPS) is 29.2. The first-order chi connectivity index (χ1) is 12.6. The molecule has 0 radical (unpaired) electrons. The molecule has 0 heterocycles. The van der Waals surface area contributed by atoms with Crippen LogP contribution in [0.5, 0.6) is 5.75 Å². The molecule has 4 nitrogen and oxygen atoms in total. The van der Waals surface area contributed by atoms with Crippen LogP contribution in [0.3, 0.4) is 0 Å². The Bertz CT molecular complexity index is 637. The minimum absolute atomic E-state index is 0.00719. The molecule has 2 aliphatic carbocycles. The number of rotatable bonds is 7. The SMILES string of the molecule is CCOP(=O)(OCC)[C@@H]1CCCC[C@@]12CCCC2c1ccccc1OC. The maximum atomic E-state index is 13.8. The van der Waals surface area contributed by atoms with Gasteiger partial charge in [0.25, 0.3) is 0 Å². The fraction of sp³-hybridized carbons (Fsp3) is 0.714. The largest absolute Gasteiger partial charge is 0.496 e. The maximum Gasteiger partial charge on any atom is 0.334 e. The van der Waals surface area contributed by atoms with Crippen molar-refractivity contribution in [3.8, 4) is 5.75 Å². The molecule has 3 atom stereocenters. The standard InChI is InChI=1S/C21H33O4P/c1-4-24-26(22,25-5-2)20-14-8-9-15-21(20)16-10-12-18(21)17-11-6-7-13-19(17)23-3/h6-7,11,13,18,20H,4-5,8-10,12,14-16H2,1-3H3/t18?,20-,21+/m1/s1. The van der Waals surface area contributed by atoms with Gasteiger partial charge in [-0.2, -0.15) is 0 Å². The lowest BCUT2D eigenvalue weighted by atomic mass is 9.65. The summed E-state index contributed by atoms with van der Waals surface area (Å²) in [4.78, 5) is 0. The molecule has 2 saturated carbocycles. The Balaban J connectivity index is 2.04. The molecule has 0 aromatic heterocycles. The van der Waals surface area contributed by atoms with Gasteiger partial charge < -0.3 is 13.8 Å².